The van der Waals surface area contributed by atoms with E-state index in [9.17, 15) is 0 Å². The number of nitrogens with zero attached hydrogens (tertiary/aromatic N) is 4. The van der Waals surface area contributed by atoms with Crippen molar-refractivity contribution in [3.05, 3.63) is 52.3 Å². The smallest absolute Gasteiger partial charge is 0.191 e. The van der Waals surface area contributed by atoms with Crippen LogP contribution in [0.3, 0.4) is 0 Å². The number of guanidine groups is 1. The van der Waals surface area contributed by atoms with Gasteiger partial charge in [-0.3, -0.25) is 9.67 Å². The van der Waals surface area contributed by atoms with Gasteiger partial charge in [0.25, 0.3) is 0 Å². The molecule has 0 aliphatic heterocycles. The topological polar surface area (TPSA) is 57.5 Å². The molecule has 1 aromatic carbocycles. The van der Waals surface area contributed by atoms with Gasteiger partial charge >= 0.3 is 0 Å². The van der Waals surface area contributed by atoms with Crippen molar-refractivity contribution < 1.29 is 0 Å². The highest BCUT2D eigenvalue weighted by atomic mass is 15.3. The summed E-state index contributed by atoms with van der Waals surface area (Å²) in [4.78, 5) is 6.49. The van der Waals surface area contributed by atoms with E-state index < -0.39 is 0 Å². The molecule has 1 aromatic heterocycles. The molecule has 25 heavy (non-hydrogen) atoms. The average molecular weight is 342 g/mol. The molecule has 0 fully saturated rings. The average Bonchev–Trinajstić information content (AvgIpc) is 2.80. The Morgan fingerprint density at radius 1 is 1.16 bits per heavy atom. The third-order valence-corrected chi connectivity index (χ3v) is 4.27. The molecular weight excluding hydrogens is 312 g/mol. The molecular formula is C19H30N6. The quantitative estimate of drug-likeness (QED) is 0.622. The first kappa shape index (κ1) is 19.0. The van der Waals surface area contributed by atoms with Crippen molar-refractivity contribution in [1.82, 2.24) is 25.3 Å². The second kappa shape index (κ2) is 8.67. The Balaban J connectivity index is 1.92. The Bertz CT molecular complexity index is 730. The summed E-state index contributed by atoms with van der Waals surface area (Å²) in [6.45, 7) is 6.53. The molecule has 6 nitrogen and oxygen atoms in total. The van der Waals surface area contributed by atoms with Gasteiger partial charge in [0.05, 0.1) is 5.69 Å². The van der Waals surface area contributed by atoms with Crippen LogP contribution in [0.2, 0.25) is 0 Å². The second-order valence-corrected chi connectivity index (χ2v) is 6.61. The van der Waals surface area contributed by atoms with Gasteiger partial charge in [-0.05, 0) is 39.1 Å². The predicted molar refractivity (Wildman–Crippen MR) is 104 cm³/mol. The van der Waals surface area contributed by atoms with Crippen LogP contribution in [0.4, 0.5) is 0 Å². The molecule has 0 aliphatic rings. The van der Waals surface area contributed by atoms with Crippen molar-refractivity contribution in [2.75, 3.05) is 21.1 Å². The van der Waals surface area contributed by atoms with Crippen LogP contribution in [-0.4, -0.2) is 41.8 Å². The van der Waals surface area contributed by atoms with Gasteiger partial charge in [-0.15, -0.1) is 0 Å². The molecule has 2 N–H and O–H groups in total. The van der Waals surface area contributed by atoms with E-state index in [2.05, 4.69) is 70.9 Å². The number of aliphatic imine (C=N–C) groups is 1. The molecule has 136 valence electrons. The first-order valence-corrected chi connectivity index (χ1v) is 8.57. The minimum absolute atomic E-state index is 0.714. The van der Waals surface area contributed by atoms with Gasteiger partial charge in [0.15, 0.2) is 5.96 Å². The van der Waals surface area contributed by atoms with Crippen LogP contribution in [0, 0.1) is 13.8 Å². The number of hydrogen-bond donors (Lipinski definition) is 2. The van der Waals surface area contributed by atoms with Gasteiger partial charge in [-0.1, -0.05) is 24.3 Å². The van der Waals surface area contributed by atoms with E-state index in [1.807, 2.05) is 18.7 Å². The largest absolute Gasteiger partial charge is 0.352 e. The van der Waals surface area contributed by atoms with Crippen LogP contribution in [0.1, 0.15) is 28.1 Å². The van der Waals surface area contributed by atoms with Crippen LogP contribution in [-0.2, 0) is 26.7 Å². The lowest BCUT2D eigenvalue weighted by Crippen LogP contribution is -2.36. The lowest BCUT2D eigenvalue weighted by molar-refractivity contribution is 0.402. The zero-order valence-electron chi connectivity index (χ0n) is 16.2. The molecule has 0 bridgehead atoms. The molecule has 0 spiro atoms. The van der Waals surface area contributed by atoms with Crippen LogP contribution >= 0.6 is 0 Å². The highest BCUT2D eigenvalue weighted by Crippen LogP contribution is 2.11. The molecule has 0 aliphatic carbocycles. The zero-order valence-corrected chi connectivity index (χ0v) is 16.2. The minimum Gasteiger partial charge on any atom is -0.352 e. The number of aromatic nitrogens is 2. The molecule has 0 radical (unpaired) electrons. The van der Waals surface area contributed by atoms with Crippen molar-refractivity contribution >= 4 is 5.96 Å². The van der Waals surface area contributed by atoms with Crippen molar-refractivity contribution in [1.29, 1.82) is 0 Å². The lowest BCUT2D eigenvalue weighted by atomic mass is 10.1. The number of rotatable bonds is 6. The van der Waals surface area contributed by atoms with Gasteiger partial charge in [-0.25, -0.2) is 0 Å². The fourth-order valence-corrected chi connectivity index (χ4v) is 2.85. The molecule has 1 heterocycles. The Hall–Kier alpha value is -2.34. The first-order chi connectivity index (χ1) is 11.9. The van der Waals surface area contributed by atoms with Crippen LogP contribution in [0.15, 0.2) is 29.3 Å². The fraction of sp³-hybridized carbons (Fsp3) is 0.474. The number of benzene rings is 1. The molecule has 0 saturated heterocycles. The third kappa shape index (κ3) is 5.32. The fourth-order valence-electron chi connectivity index (χ4n) is 2.85. The summed E-state index contributed by atoms with van der Waals surface area (Å²) in [5.74, 6) is 0.792. The Labute approximate surface area is 151 Å². The summed E-state index contributed by atoms with van der Waals surface area (Å²) in [5, 5.41) is 11.2. The van der Waals surface area contributed by atoms with Crippen molar-refractivity contribution in [2.45, 2.75) is 33.5 Å². The monoisotopic (exact) mass is 342 g/mol. The predicted octanol–water partition coefficient (Wildman–Crippen LogP) is 1.96. The van der Waals surface area contributed by atoms with Gasteiger partial charge in [0.2, 0.25) is 0 Å². The van der Waals surface area contributed by atoms with Crippen LogP contribution in [0.25, 0.3) is 0 Å². The zero-order chi connectivity index (χ0) is 18.4. The van der Waals surface area contributed by atoms with Gasteiger partial charge in [-0.2, -0.15) is 5.10 Å². The highest BCUT2D eigenvalue weighted by molar-refractivity contribution is 5.79. The standard InChI is InChI=1S/C19H30N6/c1-14-18(15(2)25(6)23-14)12-22-19(20-3)21-11-16-8-7-9-17(10-16)13-24(4)5/h7-10H,11-13H2,1-6H3,(H2,20,21,22). The number of aryl methyl sites for hydroxylation is 2. The van der Waals surface area contributed by atoms with Crippen molar-refractivity contribution in [3.63, 3.8) is 0 Å². The minimum atomic E-state index is 0.714. The first-order valence-electron chi connectivity index (χ1n) is 8.57. The SMILES string of the molecule is CN=C(NCc1cccc(CN(C)C)c1)NCc1c(C)nn(C)c1C. The van der Waals surface area contributed by atoms with E-state index in [1.54, 1.807) is 7.05 Å². The maximum atomic E-state index is 4.45. The molecule has 2 rings (SSSR count). The van der Waals surface area contributed by atoms with E-state index in [0.29, 0.717) is 6.54 Å². The van der Waals surface area contributed by atoms with Gasteiger partial charge in [0.1, 0.15) is 0 Å². The number of hydrogen-bond acceptors (Lipinski definition) is 3. The summed E-state index contributed by atoms with van der Waals surface area (Å²) in [6.07, 6.45) is 0. The van der Waals surface area contributed by atoms with Crippen LogP contribution in [0.5, 0.6) is 0 Å². The van der Waals surface area contributed by atoms with E-state index in [4.69, 9.17) is 0 Å². The molecule has 0 amide bonds. The van der Waals surface area contributed by atoms with E-state index >= 15 is 0 Å². The van der Waals surface area contributed by atoms with E-state index in [0.717, 1.165) is 24.7 Å². The maximum absolute atomic E-state index is 4.45. The van der Waals surface area contributed by atoms with Crippen LogP contribution < -0.4 is 10.6 Å². The summed E-state index contributed by atoms with van der Waals surface area (Å²) in [7, 11) is 7.93. The summed E-state index contributed by atoms with van der Waals surface area (Å²) >= 11 is 0. The Morgan fingerprint density at radius 3 is 2.44 bits per heavy atom. The van der Waals surface area contributed by atoms with Crippen molar-refractivity contribution in [3.8, 4) is 0 Å². The Morgan fingerprint density at radius 2 is 1.84 bits per heavy atom. The van der Waals surface area contributed by atoms with Gasteiger partial charge in [0, 0.05) is 45.0 Å². The normalized spacial score (nSPS) is 11.9. The lowest BCUT2D eigenvalue weighted by Gasteiger charge is -2.14. The third-order valence-electron chi connectivity index (χ3n) is 4.27. The van der Waals surface area contributed by atoms with E-state index in [-0.39, 0.29) is 0 Å². The summed E-state index contributed by atoms with van der Waals surface area (Å²) in [6, 6.07) is 8.63. The molecule has 0 saturated carbocycles. The Kier molecular flexibility index (Phi) is 6.58. The van der Waals surface area contributed by atoms with Gasteiger partial charge < -0.3 is 15.5 Å². The molecule has 2 aromatic rings. The highest BCUT2D eigenvalue weighted by Gasteiger charge is 2.09. The summed E-state index contributed by atoms with van der Waals surface area (Å²) < 4.78 is 1.92. The summed E-state index contributed by atoms with van der Waals surface area (Å²) in [5.41, 5.74) is 6.01. The maximum Gasteiger partial charge on any atom is 0.191 e. The second-order valence-electron chi connectivity index (χ2n) is 6.61. The molecule has 6 heteroatoms. The molecule has 0 unspecified atom stereocenters. The number of nitrogens with one attached hydrogen (secondary N) is 2. The van der Waals surface area contributed by atoms with E-state index in [1.165, 1.54) is 22.4 Å². The van der Waals surface area contributed by atoms with Crippen molar-refractivity contribution in [2.24, 2.45) is 12.0 Å². The molecule has 0 atom stereocenters.